The highest BCUT2D eigenvalue weighted by Gasteiger charge is 2.52. The first-order chi connectivity index (χ1) is 6.27. The highest BCUT2D eigenvalue weighted by molar-refractivity contribution is 5.73. The zero-order chi connectivity index (χ0) is 9.31. The molecule has 1 saturated heterocycles. The fourth-order valence-electron chi connectivity index (χ4n) is 2.20. The summed E-state index contributed by atoms with van der Waals surface area (Å²) in [7, 11) is 0. The number of azide groups is 1. The van der Waals surface area contributed by atoms with E-state index in [1.54, 1.807) is 0 Å². The normalized spacial score (nSPS) is 29.2. The van der Waals surface area contributed by atoms with Crippen LogP contribution in [0, 0.1) is 5.41 Å². The quantitative estimate of drug-likeness (QED) is 0.282. The van der Waals surface area contributed by atoms with Crippen LogP contribution in [0.5, 0.6) is 0 Å². The summed E-state index contributed by atoms with van der Waals surface area (Å²) in [6.45, 7) is 0.294. The van der Waals surface area contributed by atoms with Crippen LogP contribution >= 0.6 is 0 Å². The number of hydrogen-bond donors (Lipinski definition) is 0. The van der Waals surface area contributed by atoms with Crippen molar-refractivity contribution in [1.82, 2.24) is 0 Å². The topological polar surface area (TPSA) is 75.1 Å². The SMILES string of the molecule is [N-]=[N+]=NCC1OC(=O)CC12CCC2. The third-order valence-corrected chi connectivity index (χ3v) is 3.11. The second kappa shape index (κ2) is 2.92. The van der Waals surface area contributed by atoms with Crippen molar-refractivity contribution >= 4 is 5.97 Å². The van der Waals surface area contributed by atoms with Gasteiger partial charge in [-0.3, -0.25) is 4.79 Å². The van der Waals surface area contributed by atoms with Crippen molar-refractivity contribution in [2.75, 3.05) is 6.54 Å². The van der Waals surface area contributed by atoms with Gasteiger partial charge in [0.15, 0.2) is 0 Å². The van der Waals surface area contributed by atoms with Gasteiger partial charge in [-0.05, 0) is 18.4 Å². The minimum absolute atomic E-state index is 0.0191. The molecule has 0 radical (unpaired) electrons. The molecule has 1 aliphatic carbocycles. The van der Waals surface area contributed by atoms with E-state index < -0.39 is 0 Å². The summed E-state index contributed by atoms with van der Waals surface area (Å²) in [6.07, 6.45) is 3.57. The van der Waals surface area contributed by atoms with Crippen LogP contribution < -0.4 is 0 Å². The lowest BCUT2D eigenvalue weighted by Crippen LogP contribution is -2.39. The zero-order valence-electron chi connectivity index (χ0n) is 7.27. The molecule has 0 bridgehead atoms. The van der Waals surface area contributed by atoms with E-state index in [-0.39, 0.29) is 17.5 Å². The molecule has 0 aromatic carbocycles. The van der Waals surface area contributed by atoms with Crippen LogP contribution in [0.25, 0.3) is 10.4 Å². The number of carbonyl (C=O) groups excluding carboxylic acids is 1. The Morgan fingerprint density at radius 1 is 1.69 bits per heavy atom. The van der Waals surface area contributed by atoms with Crippen molar-refractivity contribution < 1.29 is 9.53 Å². The van der Waals surface area contributed by atoms with E-state index >= 15 is 0 Å². The molecule has 1 saturated carbocycles. The van der Waals surface area contributed by atoms with Gasteiger partial charge in [0.1, 0.15) is 6.10 Å². The Morgan fingerprint density at radius 3 is 3.00 bits per heavy atom. The third kappa shape index (κ3) is 1.25. The van der Waals surface area contributed by atoms with Crippen LogP contribution in [0.2, 0.25) is 0 Å². The van der Waals surface area contributed by atoms with Gasteiger partial charge in [-0.25, -0.2) is 0 Å². The third-order valence-electron chi connectivity index (χ3n) is 3.11. The van der Waals surface area contributed by atoms with Crippen molar-refractivity contribution in [3.05, 3.63) is 10.4 Å². The second-order valence-electron chi connectivity index (χ2n) is 3.78. The molecule has 0 N–H and O–H groups in total. The predicted molar refractivity (Wildman–Crippen MR) is 44.8 cm³/mol. The number of hydrogen-bond acceptors (Lipinski definition) is 3. The summed E-state index contributed by atoms with van der Waals surface area (Å²) in [4.78, 5) is 13.7. The fraction of sp³-hybridized carbons (Fsp3) is 0.875. The van der Waals surface area contributed by atoms with Gasteiger partial charge in [0, 0.05) is 10.3 Å². The van der Waals surface area contributed by atoms with E-state index in [9.17, 15) is 4.79 Å². The number of rotatable bonds is 2. The van der Waals surface area contributed by atoms with Crippen LogP contribution in [-0.4, -0.2) is 18.6 Å². The molecule has 70 valence electrons. The van der Waals surface area contributed by atoms with Crippen LogP contribution in [0.1, 0.15) is 25.7 Å². The van der Waals surface area contributed by atoms with Gasteiger partial charge in [-0.1, -0.05) is 11.5 Å². The van der Waals surface area contributed by atoms with Gasteiger partial charge in [-0.2, -0.15) is 0 Å². The van der Waals surface area contributed by atoms with E-state index in [1.807, 2.05) is 0 Å². The molecule has 1 spiro atoms. The van der Waals surface area contributed by atoms with Gasteiger partial charge >= 0.3 is 5.97 Å². The summed E-state index contributed by atoms with van der Waals surface area (Å²) in [5.41, 5.74) is 8.19. The Hall–Kier alpha value is -1.22. The molecule has 0 aromatic rings. The lowest BCUT2D eigenvalue weighted by Gasteiger charge is -2.40. The fourth-order valence-corrected chi connectivity index (χ4v) is 2.20. The maximum Gasteiger partial charge on any atom is 0.306 e. The van der Waals surface area contributed by atoms with Crippen molar-refractivity contribution in [2.45, 2.75) is 31.8 Å². The number of nitrogens with zero attached hydrogens (tertiary/aromatic N) is 3. The summed E-state index contributed by atoms with van der Waals surface area (Å²) in [5, 5.41) is 3.47. The molecule has 1 heterocycles. The monoisotopic (exact) mass is 181 g/mol. The van der Waals surface area contributed by atoms with E-state index in [2.05, 4.69) is 10.0 Å². The van der Waals surface area contributed by atoms with E-state index in [1.165, 1.54) is 0 Å². The maximum absolute atomic E-state index is 11.1. The summed E-state index contributed by atoms with van der Waals surface area (Å²) < 4.78 is 5.12. The Labute approximate surface area is 75.7 Å². The average Bonchev–Trinajstić information content (AvgIpc) is 2.38. The van der Waals surface area contributed by atoms with Crippen LogP contribution in [0.4, 0.5) is 0 Å². The molecular formula is C8H11N3O2. The minimum Gasteiger partial charge on any atom is -0.462 e. The van der Waals surface area contributed by atoms with Crippen LogP contribution in [-0.2, 0) is 9.53 Å². The van der Waals surface area contributed by atoms with Crippen molar-refractivity contribution in [3.8, 4) is 0 Å². The molecule has 1 atom stereocenters. The minimum atomic E-state index is -0.162. The first-order valence-corrected chi connectivity index (χ1v) is 4.47. The van der Waals surface area contributed by atoms with E-state index in [4.69, 9.17) is 10.3 Å². The molecule has 0 amide bonds. The Balaban J connectivity index is 2.07. The highest BCUT2D eigenvalue weighted by atomic mass is 16.6. The largest absolute Gasteiger partial charge is 0.462 e. The molecule has 1 unspecified atom stereocenters. The highest BCUT2D eigenvalue weighted by Crippen LogP contribution is 2.51. The number of esters is 1. The van der Waals surface area contributed by atoms with Crippen molar-refractivity contribution in [3.63, 3.8) is 0 Å². The standard InChI is InChI=1S/C8H11N3O2/c9-11-10-5-6-8(2-1-3-8)4-7(12)13-6/h6H,1-5H2. The van der Waals surface area contributed by atoms with Gasteiger partial charge in [-0.15, -0.1) is 0 Å². The number of cyclic esters (lactones) is 1. The zero-order valence-corrected chi connectivity index (χ0v) is 7.27. The van der Waals surface area contributed by atoms with E-state index in [0.717, 1.165) is 19.3 Å². The Kier molecular flexibility index (Phi) is 1.88. The lowest BCUT2D eigenvalue weighted by atomic mass is 9.64. The molecule has 2 fully saturated rings. The lowest BCUT2D eigenvalue weighted by molar-refractivity contribution is -0.141. The molecule has 5 nitrogen and oxygen atoms in total. The Bertz CT molecular complexity index is 279. The summed E-state index contributed by atoms with van der Waals surface area (Å²) >= 11 is 0. The van der Waals surface area contributed by atoms with E-state index in [0.29, 0.717) is 13.0 Å². The smallest absolute Gasteiger partial charge is 0.306 e. The van der Waals surface area contributed by atoms with Crippen molar-refractivity contribution in [2.24, 2.45) is 10.5 Å². The summed E-state index contributed by atoms with van der Waals surface area (Å²) in [6, 6.07) is 0. The molecule has 13 heavy (non-hydrogen) atoms. The molecule has 5 heteroatoms. The van der Waals surface area contributed by atoms with Crippen LogP contribution in [0.15, 0.2) is 5.11 Å². The molecule has 0 aromatic heterocycles. The average molecular weight is 181 g/mol. The molecular weight excluding hydrogens is 170 g/mol. The number of carbonyl (C=O) groups is 1. The molecule has 2 rings (SSSR count). The van der Waals surface area contributed by atoms with Crippen molar-refractivity contribution in [1.29, 1.82) is 0 Å². The predicted octanol–water partition coefficient (Wildman–Crippen LogP) is 1.78. The first kappa shape index (κ1) is 8.38. The number of ether oxygens (including phenoxy) is 1. The van der Waals surface area contributed by atoms with Gasteiger partial charge in [0.2, 0.25) is 0 Å². The van der Waals surface area contributed by atoms with Crippen LogP contribution in [0.3, 0.4) is 0 Å². The Morgan fingerprint density at radius 2 is 2.46 bits per heavy atom. The van der Waals surface area contributed by atoms with Gasteiger partial charge in [0.05, 0.1) is 13.0 Å². The molecule has 2 aliphatic rings. The van der Waals surface area contributed by atoms with Gasteiger partial charge < -0.3 is 4.74 Å². The summed E-state index contributed by atoms with van der Waals surface area (Å²) in [5.74, 6) is -0.141. The molecule has 1 aliphatic heterocycles. The van der Waals surface area contributed by atoms with Gasteiger partial charge in [0.25, 0.3) is 0 Å². The second-order valence-corrected chi connectivity index (χ2v) is 3.78. The maximum atomic E-state index is 11.1. The first-order valence-electron chi connectivity index (χ1n) is 4.47.